The maximum absolute atomic E-state index is 12.0. The standard InChI is InChI=1S/C14H22N4O2S/c1-2-7-18(11-5-6-15-9-11)10-13(19)16-17-14(20)12-4-3-8-21-12/h3-4,8,11,15H,2,5-7,9-10H2,1H3,(H,16,19)(H,17,20). The fraction of sp³-hybridized carbons (Fsp3) is 0.571. The lowest BCUT2D eigenvalue weighted by atomic mass is 10.2. The first-order chi connectivity index (χ1) is 10.2. The minimum absolute atomic E-state index is 0.180. The van der Waals surface area contributed by atoms with Crippen molar-refractivity contribution >= 4 is 23.2 Å². The number of amides is 2. The van der Waals surface area contributed by atoms with Crippen molar-refractivity contribution in [3.8, 4) is 0 Å². The lowest BCUT2D eigenvalue weighted by molar-refractivity contribution is -0.123. The third kappa shape index (κ3) is 4.80. The first-order valence-electron chi connectivity index (χ1n) is 7.28. The third-order valence-electron chi connectivity index (χ3n) is 3.47. The third-order valence-corrected chi connectivity index (χ3v) is 4.34. The van der Waals surface area contributed by atoms with Crippen LogP contribution in [0.1, 0.15) is 29.4 Å². The smallest absolute Gasteiger partial charge is 0.279 e. The molecule has 1 unspecified atom stereocenters. The fourth-order valence-electron chi connectivity index (χ4n) is 2.45. The number of nitrogens with zero attached hydrogens (tertiary/aromatic N) is 1. The van der Waals surface area contributed by atoms with Crippen LogP contribution in [0.3, 0.4) is 0 Å². The molecule has 7 heteroatoms. The molecule has 2 amide bonds. The van der Waals surface area contributed by atoms with Gasteiger partial charge in [0, 0.05) is 12.6 Å². The zero-order chi connectivity index (χ0) is 15.1. The van der Waals surface area contributed by atoms with Gasteiger partial charge in [-0.2, -0.15) is 0 Å². The summed E-state index contributed by atoms with van der Waals surface area (Å²) in [4.78, 5) is 26.5. The molecule has 2 rings (SSSR count). The van der Waals surface area contributed by atoms with Gasteiger partial charge in [0.2, 0.25) is 0 Å². The van der Waals surface area contributed by atoms with Gasteiger partial charge in [0.15, 0.2) is 0 Å². The molecule has 1 fully saturated rings. The summed E-state index contributed by atoms with van der Waals surface area (Å²) >= 11 is 1.34. The number of carbonyl (C=O) groups is 2. The molecule has 1 aliphatic heterocycles. The Morgan fingerprint density at radius 3 is 2.95 bits per heavy atom. The van der Waals surface area contributed by atoms with Gasteiger partial charge in [0.25, 0.3) is 11.8 Å². The van der Waals surface area contributed by atoms with E-state index in [2.05, 4.69) is 28.0 Å². The van der Waals surface area contributed by atoms with Crippen LogP contribution in [0.2, 0.25) is 0 Å². The summed E-state index contributed by atoms with van der Waals surface area (Å²) in [5, 5.41) is 5.14. The normalized spacial score (nSPS) is 17.9. The van der Waals surface area contributed by atoms with Crippen LogP contribution in [0.25, 0.3) is 0 Å². The zero-order valence-electron chi connectivity index (χ0n) is 12.2. The van der Waals surface area contributed by atoms with Gasteiger partial charge in [0.05, 0.1) is 11.4 Å². The van der Waals surface area contributed by atoms with Crippen molar-refractivity contribution in [3.05, 3.63) is 22.4 Å². The highest BCUT2D eigenvalue weighted by molar-refractivity contribution is 7.12. The Balaban J connectivity index is 1.77. The fourth-order valence-corrected chi connectivity index (χ4v) is 3.07. The first kappa shape index (κ1) is 15.9. The van der Waals surface area contributed by atoms with Gasteiger partial charge in [0.1, 0.15) is 0 Å². The minimum Gasteiger partial charge on any atom is -0.315 e. The zero-order valence-corrected chi connectivity index (χ0v) is 13.0. The number of carbonyl (C=O) groups excluding carboxylic acids is 2. The lowest BCUT2D eigenvalue weighted by Gasteiger charge is -2.27. The number of rotatable bonds is 6. The van der Waals surface area contributed by atoms with E-state index in [0.29, 0.717) is 17.5 Å². The first-order valence-corrected chi connectivity index (χ1v) is 8.16. The molecule has 2 heterocycles. The Hall–Kier alpha value is -1.44. The van der Waals surface area contributed by atoms with Gasteiger partial charge in [-0.3, -0.25) is 25.3 Å². The average molecular weight is 310 g/mol. The van der Waals surface area contributed by atoms with Crippen molar-refractivity contribution in [3.63, 3.8) is 0 Å². The molecular weight excluding hydrogens is 288 g/mol. The molecule has 0 radical (unpaired) electrons. The summed E-state index contributed by atoms with van der Waals surface area (Å²) in [6.45, 7) is 5.23. The van der Waals surface area contributed by atoms with Gasteiger partial charge >= 0.3 is 0 Å². The highest BCUT2D eigenvalue weighted by atomic mass is 32.1. The van der Waals surface area contributed by atoms with Crippen molar-refractivity contribution in [1.82, 2.24) is 21.1 Å². The van der Waals surface area contributed by atoms with Gasteiger partial charge in [-0.1, -0.05) is 13.0 Å². The molecule has 1 aromatic heterocycles. The molecule has 0 aliphatic carbocycles. The number of hydrazine groups is 1. The van der Waals surface area contributed by atoms with Gasteiger partial charge < -0.3 is 5.32 Å². The number of nitrogens with one attached hydrogen (secondary N) is 3. The van der Waals surface area contributed by atoms with Crippen LogP contribution in [0.15, 0.2) is 17.5 Å². The maximum Gasteiger partial charge on any atom is 0.279 e. The molecular formula is C14H22N4O2S. The van der Waals surface area contributed by atoms with E-state index in [-0.39, 0.29) is 11.8 Å². The van der Waals surface area contributed by atoms with E-state index in [9.17, 15) is 9.59 Å². The molecule has 6 nitrogen and oxygen atoms in total. The average Bonchev–Trinajstić information content (AvgIpc) is 3.16. The molecule has 116 valence electrons. The van der Waals surface area contributed by atoms with Crippen molar-refractivity contribution in [2.24, 2.45) is 0 Å². The van der Waals surface area contributed by atoms with E-state index in [1.807, 2.05) is 5.38 Å². The van der Waals surface area contributed by atoms with Gasteiger partial charge in [-0.25, -0.2) is 0 Å². The van der Waals surface area contributed by atoms with Crippen LogP contribution in [0.5, 0.6) is 0 Å². The van der Waals surface area contributed by atoms with E-state index in [1.165, 1.54) is 11.3 Å². The van der Waals surface area contributed by atoms with Crippen molar-refractivity contribution in [2.75, 3.05) is 26.2 Å². The second-order valence-corrected chi connectivity index (χ2v) is 6.04. The summed E-state index contributed by atoms with van der Waals surface area (Å²) in [5.41, 5.74) is 4.94. The van der Waals surface area contributed by atoms with E-state index in [1.54, 1.807) is 12.1 Å². The monoisotopic (exact) mass is 310 g/mol. The van der Waals surface area contributed by atoms with Crippen LogP contribution in [0, 0.1) is 0 Å². The maximum atomic E-state index is 12.0. The Labute approximate surface area is 128 Å². The molecule has 1 aromatic rings. The largest absolute Gasteiger partial charge is 0.315 e. The summed E-state index contributed by atoms with van der Waals surface area (Å²) in [6, 6.07) is 3.93. The van der Waals surface area contributed by atoms with Gasteiger partial charge in [-0.05, 0) is 37.4 Å². The van der Waals surface area contributed by atoms with Crippen molar-refractivity contribution in [1.29, 1.82) is 0 Å². The Bertz CT molecular complexity index is 458. The number of thiophene rings is 1. The molecule has 0 saturated carbocycles. The van der Waals surface area contributed by atoms with E-state index in [4.69, 9.17) is 0 Å². The summed E-state index contributed by atoms with van der Waals surface area (Å²) in [5.74, 6) is -0.455. The molecule has 0 bridgehead atoms. The Kier molecular flexibility index (Phi) is 6.16. The van der Waals surface area contributed by atoms with Crippen molar-refractivity contribution < 1.29 is 9.59 Å². The minimum atomic E-state index is -0.275. The van der Waals surface area contributed by atoms with E-state index >= 15 is 0 Å². The van der Waals surface area contributed by atoms with Gasteiger partial charge in [-0.15, -0.1) is 11.3 Å². The summed E-state index contributed by atoms with van der Waals surface area (Å²) in [6.07, 6.45) is 2.07. The topological polar surface area (TPSA) is 73.5 Å². The van der Waals surface area contributed by atoms with Crippen LogP contribution in [-0.4, -0.2) is 48.9 Å². The van der Waals surface area contributed by atoms with E-state index in [0.717, 1.165) is 32.5 Å². The predicted octanol–water partition coefficient (Wildman–Crippen LogP) is 0.583. The van der Waals surface area contributed by atoms with Crippen LogP contribution < -0.4 is 16.2 Å². The highest BCUT2D eigenvalue weighted by Gasteiger charge is 2.23. The molecule has 1 atom stereocenters. The lowest BCUT2D eigenvalue weighted by Crippen LogP contribution is -2.49. The number of hydrogen-bond acceptors (Lipinski definition) is 5. The molecule has 3 N–H and O–H groups in total. The second kappa shape index (κ2) is 8.11. The summed E-state index contributed by atoms with van der Waals surface area (Å²) < 4.78 is 0. The molecule has 0 aromatic carbocycles. The number of hydrogen-bond donors (Lipinski definition) is 3. The molecule has 0 spiro atoms. The quantitative estimate of drug-likeness (QED) is 0.672. The molecule has 1 aliphatic rings. The molecule has 21 heavy (non-hydrogen) atoms. The van der Waals surface area contributed by atoms with Crippen LogP contribution in [-0.2, 0) is 4.79 Å². The highest BCUT2D eigenvalue weighted by Crippen LogP contribution is 2.09. The Morgan fingerprint density at radius 1 is 1.48 bits per heavy atom. The SMILES string of the molecule is CCCN(CC(=O)NNC(=O)c1cccs1)C1CCNC1. The second-order valence-electron chi connectivity index (χ2n) is 5.10. The Morgan fingerprint density at radius 2 is 2.33 bits per heavy atom. The van der Waals surface area contributed by atoms with Crippen LogP contribution in [0.4, 0.5) is 0 Å². The molecule has 1 saturated heterocycles. The van der Waals surface area contributed by atoms with Crippen molar-refractivity contribution in [2.45, 2.75) is 25.8 Å². The predicted molar refractivity (Wildman–Crippen MR) is 83.1 cm³/mol. The van der Waals surface area contributed by atoms with Crippen LogP contribution >= 0.6 is 11.3 Å². The summed E-state index contributed by atoms with van der Waals surface area (Å²) in [7, 11) is 0. The van der Waals surface area contributed by atoms with E-state index < -0.39 is 0 Å².